The van der Waals surface area contributed by atoms with Gasteiger partial charge in [-0.25, -0.2) is 0 Å². The molecule has 1 heterocycles. The lowest BCUT2D eigenvalue weighted by Crippen LogP contribution is -2.50. The van der Waals surface area contributed by atoms with E-state index in [0.29, 0.717) is 0 Å². The van der Waals surface area contributed by atoms with Crippen LogP contribution in [0.5, 0.6) is 0 Å². The maximum absolute atomic E-state index is 11.8. The third kappa shape index (κ3) is 2.79. The van der Waals surface area contributed by atoms with Crippen molar-refractivity contribution in [3.05, 3.63) is 0 Å². The topological polar surface area (TPSA) is 78.8 Å². The predicted molar refractivity (Wildman–Crippen MR) is 58.8 cm³/mol. The van der Waals surface area contributed by atoms with Crippen LogP contribution in [0.1, 0.15) is 27.7 Å². The maximum atomic E-state index is 11.8. The largest absolute Gasteiger partial charge is 0.386 e. The first kappa shape index (κ1) is 13.6. The van der Waals surface area contributed by atoms with Crippen molar-refractivity contribution in [2.75, 3.05) is 0 Å². The van der Waals surface area contributed by atoms with Gasteiger partial charge in [-0.05, 0) is 0 Å². The monoisotopic (exact) mass is 231 g/mol. The zero-order valence-corrected chi connectivity index (χ0v) is 10.2. The molecule has 4 atom stereocenters. The van der Waals surface area contributed by atoms with Gasteiger partial charge in [0.25, 0.3) is 0 Å². The lowest BCUT2D eigenvalue weighted by Gasteiger charge is -2.23. The van der Waals surface area contributed by atoms with E-state index in [-0.39, 0.29) is 17.7 Å². The van der Waals surface area contributed by atoms with Gasteiger partial charge in [-0.2, -0.15) is 0 Å². The standard InChI is InChI=1S/C11H21NO4/c1-5(2)8(13)10-7(12-6(3)4)9(14)11(15)16-10/h5-7,9-12,14-15H,1-4H3/t7-,9+,10?,11-/m0/s1. The first-order valence-electron chi connectivity index (χ1n) is 5.66. The Balaban J connectivity index is 2.78. The number of rotatable bonds is 4. The SMILES string of the molecule is CC(C)N[C@@H]1C(C(=O)C(C)C)O[C@H](O)[C@@H]1O. The number of aliphatic hydroxyl groups excluding tert-OH is 2. The predicted octanol–water partition coefficient (Wildman–Crippen LogP) is -0.344. The van der Waals surface area contributed by atoms with Gasteiger partial charge in [0.1, 0.15) is 12.2 Å². The van der Waals surface area contributed by atoms with E-state index in [1.54, 1.807) is 13.8 Å². The van der Waals surface area contributed by atoms with E-state index in [2.05, 4.69) is 5.32 Å². The summed E-state index contributed by atoms with van der Waals surface area (Å²) >= 11 is 0. The summed E-state index contributed by atoms with van der Waals surface area (Å²) in [5, 5.41) is 22.2. The summed E-state index contributed by atoms with van der Waals surface area (Å²) < 4.78 is 5.10. The minimum Gasteiger partial charge on any atom is -0.386 e. The van der Waals surface area contributed by atoms with Gasteiger partial charge >= 0.3 is 0 Å². The molecule has 0 aromatic rings. The van der Waals surface area contributed by atoms with E-state index in [1.165, 1.54) is 0 Å². The van der Waals surface area contributed by atoms with Gasteiger partial charge in [-0.3, -0.25) is 4.79 Å². The highest BCUT2D eigenvalue weighted by Crippen LogP contribution is 2.23. The zero-order valence-electron chi connectivity index (χ0n) is 10.2. The lowest BCUT2D eigenvalue weighted by molar-refractivity contribution is -0.151. The van der Waals surface area contributed by atoms with Crippen molar-refractivity contribution < 1.29 is 19.7 Å². The van der Waals surface area contributed by atoms with Crippen molar-refractivity contribution >= 4 is 5.78 Å². The number of Topliss-reactive ketones (excluding diaryl/α,β-unsaturated/α-hetero) is 1. The fraction of sp³-hybridized carbons (Fsp3) is 0.909. The molecule has 16 heavy (non-hydrogen) atoms. The Morgan fingerprint density at radius 2 is 1.81 bits per heavy atom. The van der Waals surface area contributed by atoms with Gasteiger partial charge in [-0.15, -0.1) is 0 Å². The van der Waals surface area contributed by atoms with Crippen LogP contribution in [0.15, 0.2) is 0 Å². The number of ether oxygens (including phenoxy) is 1. The Hall–Kier alpha value is -0.490. The second kappa shape index (κ2) is 5.23. The maximum Gasteiger partial charge on any atom is 0.183 e. The summed E-state index contributed by atoms with van der Waals surface area (Å²) in [4.78, 5) is 11.8. The fourth-order valence-electron chi connectivity index (χ4n) is 1.82. The van der Waals surface area contributed by atoms with E-state index < -0.39 is 24.5 Å². The van der Waals surface area contributed by atoms with E-state index >= 15 is 0 Å². The average Bonchev–Trinajstić information content (AvgIpc) is 2.44. The Kier molecular flexibility index (Phi) is 4.43. The van der Waals surface area contributed by atoms with E-state index in [4.69, 9.17) is 4.74 Å². The van der Waals surface area contributed by atoms with Crippen LogP contribution in [-0.4, -0.2) is 46.6 Å². The van der Waals surface area contributed by atoms with E-state index in [1.807, 2.05) is 13.8 Å². The van der Waals surface area contributed by atoms with Gasteiger partial charge in [0.05, 0.1) is 6.04 Å². The molecule has 1 fully saturated rings. The van der Waals surface area contributed by atoms with Crippen LogP contribution < -0.4 is 5.32 Å². The summed E-state index contributed by atoms with van der Waals surface area (Å²) in [5.74, 6) is -0.285. The van der Waals surface area contributed by atoms with Gasteiger partial charge in [0, 0.05) is 12.0 Å². The molecule has 1 aliphatic rings. The van der Waals surface area contributed by atoms with Crippen molar-refractivity contribution in [3.8, 4) is 0 Å². The first-order chi connectivity index (χ1) is 7.34. The number of carbonyl (C=O) groups is 1. The summed E-state index contributed by atoms with van der Waals surface area (Å²) in [7, 11) is 0. The molecule has 5 heteroatoms. The zero-order chi connectivity index (χ0) is 12.5. The Labute approximate surface area is 95.8 Å². The molecule has 0 saturated carbocycles. The van der Waals surface area contributed by atoms with Gasteiger partial charge in [0.2, 0.25) is 0 Å². The molecule has 1 aliphatic heterocycles. The number of hydrogen-bond donors (Lipinski definition) is 3. The van der Waals surface area contributed by atoms with Crippen LogP contribution in [0.2, 0.25) is 0 Å². The molecular formula is C11H21NO4. The molecule has 1 rings (SSSR count). The molecular weight excluding hydrogens is 210 g/mol. The molecule has 0 aliphatic carbocycles. The Bertz CT molecular complexity index is 254. The molecule has 0 radical (unpaired) electrons. The van der Waals surface area contributed by atoms with Crippen molar-refractivity contribution in [2.24, 2.45) is 5.92 Å². The highest BCUT2D eigenvalue weighted by molar-refractivity contribution is 5.86. The second-order valence-electron chi connectivity index (χ2n) is 4.84. The summed E-state index contributed by atoms with van der Waals surface area (Å²) in [6.45, 7) is 7.37. The molecule has 0 aromatic carbocycles. The lowest BCUT2D eigenvalue weighted by atomic mass is 9.96. The molecule has 94 valence electrons. The smallest absolute Gasteiger partial charge is 0.183 e. The van der Waals surface area contributed by atoms with E-state index in [0.717, 1.165) is 0 Å². The van der Waals surface area contributed by atoms with Crippen molar-refractivity contribution in [2.45, 2.75) is 58.3 Å². The number of nitrogens with one attached hydrogen (secondary N) is 1. The molecule has 1 unspecified atom stereocenters. The van der Waals surface area contributed by atoms with Crippen molar-refractivity contribution in [3.63, 3.8) is 0 Å². The van der Waals surface area contributed by atoms with Crippen LogP contribution in [0.3, 0.4) is 0 Å². The molecule has 3 N–H and O–H groups in total. The molecule has 0 aromatic heterocycles. The highest BCUT2D eigenvalue weighted by atomic mass is 16.6. The summed E-state index contributed by atoms with van der Waals surface area (Å²) in [6, 6.07) is -0.430. The minimum absolute atomic E-state index is 0.103. The first-order valence-corrected chi connectivity index (χ1v) is 5.66. The van der Waals surface area contributed by atoms with Crippen LogP contribution in [0.4, 0.5) is 0 Å². The number of ketones is 1. The third-order valence-electron chi connectivity index (χ3n) is 2.65. The minimum atomic E-state index is -1.29. The molecule has 1 saturated heterocycles. The van der Waals surface area contributed by atoms with Gasteiger partial charge in [0.15, 0.2) is 12.1 Å². The molecule has 0 spiro atoms. The second-order valence-corrected chi connectivity index (χ2v) is 4.84. The van der Waals surface area contributed by atoms with Crippen molar-refractivity contribution in [1.82, 2.24) is 5.32 Å². The Morgan fingerprint density at radius 3 is 2.25 bits per heavy atom. The third-order valence-corrected chi connectivity index (χ3v) is 2.65. The summed E-state index contributed by atoms with van der Waals surface area (Å²) in [6.07, 6.45) is -3.12. The van der Waals surface area contributed by atoms with Crippen molar-refractivity contribution in [1.29, 1.82) is 0 Å². The quantitative estimate of drug-likeness (QED) is 0.616. The number of aliphatic hydroxyl groups is 2. The Morgan fingerprint density at radius 1 is 1.25 bits per heavy atom. The average molecular weight is 231 g/mol. The summed E-state index contributed by atoms with van der Waals surface area (Å²) in [5.41, 5.74) is 0. The molecule has 0 bridgehead atoms. The van der Waals surface area contributed by atoms with Gasteiger partial charge in [-0.1, -0.05) is 27.7 Å². The van der Waals surface area contributed by atoms with Crippen LogP contribution >= 0.6 is 0 Å². The fourth-order valence-corrected chi connectivity index (χ4v) is 1.82. The van der Waals surface area contributed by atoms with E-state index in [9.17, 15) is 15.0 Å². The van der Waals surface area contributed by atoms with Crippen LogP contribution in [0.25, 0.3) is 0 Å². The highest BCUT2D eigenvalue weighted by Gasteiger charge is 2.46. The molecule has 0 amide bonds. The molecule has 5 nitrogen and oxygen atoms in total. The van der Waals surface area contributed by atoms with Gasteiger partial charge < -0.3 is 20.3 Å². The normalized spacial score (nSPS) is 35.0. The number of carbonyl (C=O) groups excluding carboxylic acids is 1. The van der Waals surface area contributed by atoms with Crippen LogP contribution in [0, 0.1) is 5.92 Å². The van der Waals surface area contributed by atoms with Crippen LogP contribution in [-0.2, 0) is 9.53 Å². The number of hydrogen-bond acceptors (Lipinski definition) is 5.